The zero-order valence-electron chi connectivity index (χ0n) is 14.6. The van der Waals surface area contributed by atoms with Crippen molar-refractivity contribution in [3.8, 4) is 12.1 Å². The molecule has 2 heterocycles. The van der Waals surface area contributed by atoms with Crippen LogP contribution in [0.15, 0.2) is 12.4 Å². The summed E-state index contributed by atoms with van der Waals surface area (Å²) in [6.45, 7) is 9.88. The summed E-state index contributed by atoms with van der Waals surface area (Å²) < 4.78 is 3.36. The first-order chi connectivity index (χ1) is 11.3. The van der Waals surface area contributed by atoms with Gasteiger partial charge in [-0.25, -0.2) is 4.68 Å². The lowest BCUT2D eigenvalue weighted by Crippen LogP contribution is -2.09. The van der Waals surface area contributed by atoms with Crippen molar-refractivity contribution >= 4 is 11.6 Å². The molecule has 0 aliphatic carbocycles. The standard InChI is InChI=1S/2C8H12N4/c1-6(2)5-12-8(10)7(3-9)4-11-12;1-6(2)4-12-5-7(3-9)8(10)11-12/h4,6H,5,10H2,1-2H3;5-6H,4H2,1-2H3,(H2,10,11). The minimum absolute atomic E-state index is 0.318. The van der Waals surface area contributed by atoms with Crippen molar-refractivity contribution in [3.63, 3.8) is 0 Å². The Morgan fingerprint density at radius 3 is 2.04 bits per heavy atom. The van der Waals surface area contributed by atoms with Gasteiger partial charge in [-0.05, 0) is 11.8 Å². The molecule has 128 valence electrons. The summed E-state index contributed by atoms with van der Waals surface area (Å²) in [6.07, 6.45) is 3.17. The van der Waals surface area contributed by atoms with E-state index < -0.39 is 0 Å². The predicted molar refractivity (Wildman–Crippen MR) is 92.4 cm³/mol. The van der Waals surface area contributed by atoms with Crippen molar-refractivity contribution < 1.29 is 0 Å². The molecular formula is C16H24N8. The lowest BCUT2D eigenvalue weighted by molar-refractivity contribution is 0.484. The molecule has 0 aliphatic rings. The van der Waals surface area contributed by atoms with Gasteiger partial charge >= 0.3 is 0 Å². The summed E-state index contributed by atoms with van der Waals surface area (Å²) >= 11 is 0. The van der Waals surface area contributed by atoms with E-state index >= 15 is 0 Å². The number of hydrogen-bond acceptors (Lipinski definition) is 6. The van der Waals surface area contributed by atoms with E-state index in [0.717, 1.165) is 13.1 Å². The van der Waals surface area contributed by atoms with Crippen LogP contribution in [0.5, 0.6) is 0 Å². The number of nitrogens with zero attached hydrogens (tertiary/aromatic N) is 6. The fourth-order valence-electron chi connectivity index (χ4n) is 1.96. The Bertz CT molecular complexity index is 727. The Labute approximate surface area is 142 Å². The van der Waals surface area contributed by atoms with Crippen LogP contribution < -0.4 is 11.5 Å². The molecule has 4 N–H and O–H groups in total. The van der Waals surface area contributed by atoms with Gasteiger partial charge in [0, 0.05) is 19.3 Å². The Morgan fingerprint density at radius 1 is 1.04 bits per heavy atom. The summed E-state index contributed by atoms with van der Waals surface area (Å²) in [5.41, 5.74) is 12.0. The van der Waals surface area contributed by atoms with Gasteiger partial charge in [-0.15, -0.1) is 0 Å². The average molecular weight is 328 g/mol. The third-order valence-corrected chi connectivity index (χ3v) is 3.00. The molecule has 24 heavy (non-hydrogen) atoms. The van der Waals surface area contributed by atoms with E-state index in [2.05, 4.69) is 37.9 Å². The van der Waals surface area contributed by atoms with Crippen molar-refractivity contribution in [1.29, 1.82) is 10.5 Å². The predicted octanol–water partition coefficient (Wildman–Crippen LogP) is 1.99. The highest BCUT2D eigenvalue weighted by atomic mass is 15.3. The number of hydrogen-bond donors (Lipinski definition) is 2. The van der Waals surface area contributed by atoms with Gasteiger partial charge < -0.3 is 11.5 Å². The first kappa shape index (κ1) is 19.0. The average Bonchev–Trinajstić information content (AvgIpc) is 3.01. The van der Waals surface area contributed by atoms with Gasteiger partial charge in [0.15, 0.2) is 5.82 Å². The van der Waals surface area contributed by atoms with E-state index in [1.807, 2.05) is 12.1 Å². The monoisotopic (exact) mass is 328 g/mol. The maximum absolute atomic E-state index is 8.58. The van der Waals surface area contributed by atoms with Crippen molar-refractivity contribution in [2.75, 3.05) is 11.5 Å². The maximum atomic E-state index is 8.58. The van der Waals surface area contributed by atoms with Crippen molar-refractivity contribution in [2.24, 2.45) is 11.8 Å². The molecule has 0 saturated carbocycles. The molecule has 2 rings (SSSR count). The Kier molecular flexibility index (Phi) is 6.81. The summed E-state index contributed by atoms with van der Waals surface area (Å²) in [5, 5.41) is 25.2. The van der Waals surface area contributed by atoms with Crippen LogP contribution in [0, 0.1) is 34.5 Å². The molecule has 0 spiro atoms. The van der Waals surface area contributed by atoms with E-state index in [-0.39, 0.29) is 0 Å². The molecule has 0 saturated heterocycles. The third kappa shape index (κ3) is 5.33. The van der Waals surface area contributed by atoms with E-state index in [4.69, 9.17) is 22.0 Å². The number of nitrogens with two attached hydrogens (primary N) is 2. The normalized spacial score (nSPS) is 10.2. The molecule has 2 aromatic heterocycles. The third-order valence-electron chi connectivity index (χ3n) is 3.00. The Balaban J connectivity index is 0.000000240. The lowest BCUT2D eigenvalue weighted by atomic mass is 10.2. The topological polar surface area (TPSA) is 135 Å². The van der Waals surface area contributed by atoms with Gasteiger partial charge in [-0.3, -0.25) is 4.68 Å². The second-order valence-electron chi connectivity index (χ2n) is 6.29. The van der Waals surface area contributed by atoms with E-state index in [1.54, 1.807) is 15.6 Å². The molecule has 0 amide bonds. The number of anilines is 2. The van der Waals surface area contributed by atoms with E-state index in [0.29, 0.717) is 34.6 Å². The second kappa shape index (κ2) is 8.59. The number of nitriles is 2. The highest BCUT2D eigenvalue weighted by molar-refractivity contribution is 5.47. The summed E-state index contributed by atoms with van der Waals surface area (Å²) in [6, 6.07) is 3.96. The zero-order chi connectivity index (χ0) is 18.3. The molecular weight excluding hydrogens is 304 g/mol. The first-order valence-corrected chi connectivity index (χ1v) is 7.72. The van der Waals surface area contributed by atoms with Crippen LogP contribution in [0.4, 0.5) is 11.6 Å². The van der Waals surface area contributed by atoms with Crippen LogP contribution in [0.1, 0.15) is 38.8 Å². The van der Waals surface area contributed by atoms with Crippen LogP contribution in [-0.2, 0) is 13.1 Å². The van der Waals surface area contributed by atoms with Gasteiger partial charge in [0.1, 0.15) is 29.1 Å². The molecule has 0 aromatic carbocycles. The van der Waals surface area contributed by atoms with Crippen LogP contribution in [0.3, 0.4) is 0 Å². The van der Waals surface area contributed by atoms with Gasteiger partial charge in [0.2, 0.25) is 0 Å². The molecule has 0 bridgehead atoms. The minimum atomic E-state index is 0.318. The largest absolute Gasteiger partial charge is 0.383 e. The number of nitrogen functional groups attached to an aromatic ring is 2. The molecule has 0 radical (unpaired) electrons. The molecule has 8 nitrogen and oxygen atoms in total. The highest BCUT2D eigenvalue weighted by Gasteiger charge is 2.07. The van der Waals surface area contributed by atoms with E-state index in [1.165, 1.54) is 6.20 Å². The van der Waals surface area contributed by atoms with Crippen LogP contribution in [0.2, 0.25) is 0 Å². The zero-order valence-corrected chi connectivity index (χ0v) is 14.6. The van der Waals surface area contributed by atoms with Crippen molar-refractivity contribution in [2.45, 2.75) is 40.8 Å². The Morgan fingerprint density at radius 2 is 1.62 bits per heavy atom. The van der Waals surface area contributed by atoms with Crippen molar-refractivity contribution in [1.82, 2.24) is 19.6 Å². The minimum Gasteiger partial charge on any atom is -0.383 e. The molecule has 0 atom stereocenters. The molecule has 2 aromatic rings. The van der Waals surface area contributed by atoms with E-state index in [9.17, 15) is 0 Å². The molecule has 8 heteroatoms. The number of rotatable bonds is 4. The molecule has 0 aliphatic heterocycles. The van der Waals surface area contributed by atoms with Gasteiger partial charge in [0.05, 0.1) is 6.20 Å². The highest BCUT2D eigenvalue weighted by Crippen LogP contribution is 2.11. The van der Waals surface area contributed by atoms with Crippen LogP contribution in [-0.4, -0.2) is 19.6 Å². The molecule has 0 unspecified atom stereocenters. The number of aromatic nitrogens is 4. The first-order valence-electron chi connectivity index (χ1n) is 7.72. The summed E-state index contributed by atoms with van der Waals surface area (Å²) in [4.78, 5) is 0. The van der Waals surface area contributed by atoms with Gasteiger partial charge in [0.25, 0.3) is 0 Å². The smallest absolute Gasteiger partial charge is 0.163 e. The second-order valence-corrected chi connectivity index (χ2v) is 6.29. The summed E-state index contributed by atoms with van der Waals surface area (Å²) in [7, 11) is 0. The SMILES string of the molecule is CC(C)Cn1cc(C#N)c(N)n1.CC(C)Cn1ncc(C#N)c1N. The lowest BCUT2D eigenvalue weighted by Gasteiger charge is -2.05. The Hall–Kier alpha value is -3.00. The fourth-order valence-corrected chi connectivity index (χ4v) is 1.96. The maximum Gasteiger partial charge on any atom is 0.163 e. The molecule has 0 fully saturated rings. The van der Waals surface area contributed by atoms with Crippen LogP contribution >= 0.6 is 0 Å². The van der Waals surface area contributed by atoms with Gasteiger partial charge in [-0.2, -0.15) is 20.7 Å². The summed E-state index contributed by atoms with van der Waals surface area (Å²) in [5.74, 6) is 1.78. The van der Waals surface area contributed by atoms with Crippen molar-refractivity contribution in [3.05, 3.63) is 23.5 Å². The van der Waals surface area contributed by atoms with Gasteiger partial charge in [-0.1, -0.05) is 27.7 Å². The quantitative estimate of drug-likeness (QED) is 0.881. The fraction of sp³-hybridized carbons (Fsp3) is 0.500. The van der Waals surface area contributed by atoms with Crippen LogP contribution in [0.25, 0.3) is 0 Å².